The van der Waals surface area contributed by atoms with Crippen LogP contribution in [0.2, 0.25) is 0 Å². The molecule has 1 aliphatic heterocycles. The van der Waals surface area contributed by atoms with E-state index in [1.165, 1.54) is 13.2 Å². The van der Waals surface area contributed by atoms with Crippen LogP contribution in [-0.2, 0) is 0 Å². The molecule has 2 rings (SSSR count). The van der Waals surface area contributed by atoms with Crippen LogP contribution in [0.3, 0.4) is 0 Å². The Hall–Kier alpha value is -0.850. The van der Waals surface area contributed by atoms with Crippen molar-refractivity contribution in [1.82, 2.24) is 4.90 Å². The molecule has 0 amide bonds. The van der Waals surface area contributed by atoms with Crippen LogP contribution < -0.4 is 10.5 Å². The van der Waals surface area contributed by atoms with E-state index in [0.29, 0.717) is 22.5 Å². The largest absolute Gasteiger partial charge is 0.504 e. The highest BCUT2D eigenvalue weighted by Gasteiger charge is 2.34. The number of hydrogen-bond acceptors (Lipinski definition) is 4. The van der Waals surface area contributed by atoms with Crippen LogP contribution in [0.15, 0.2) is 10.5 Å². The van der Waals surface area contributed by atoms with Crippen molar-refractivity contribution in [2.75, 3.05) is 27.2 Å². The Morgan fingerprint density at radius 2 is 2.32 bits per heavy atom. The van der Waals surface area contributed by atoms with Gasteiger partial charge in [-0.2, -0.15) is 0 Å². The van der Waals surface area contributed by atoms with Crippen LogP contribution >= 0.6 is 15.9 Å². The van der Waals surface area contributed by atoms with Gasteiger partial charge < -0.3 is 15.6 Å². The lowest BCUT2D eigenvalue weighted by Gasteiger charge is -2.23. The molecule has 1 heterocycles. The molecule has 1 fully saturated rings. The van der Waals surface area contributed by atoms with E-state index in [4.69, 9.17) is 10.5 Å². The summed E-state index contributed by atoms with van der Waals surface area (Å²) in [6.45, 7) is 1.43. The molecule has 1 saturated heterocycles. The molecule has 0 spiro atoms. The molecule has 106 valence electrons. The fourth-order valence-electron chi connectivity index (χ4n) is 2.69. The highest BCUT2D eigenvalue weighted by molar-refractivity contribution is 9.10. The summed E-state index contributed by atoms with van der Waals surface area (Å²) in [4.78, 5) is 2.08. The number of nitrogens with two attached hydrogens (primary N) is 1. The minimum Gasteiger partial charge on any atom is -0.504 e. The topological polar surface area (TPSA) is 58.7 Å². The maximum atomic E-state index is 13.9. The van der Waals surface area contributed by atoms with Crippen molar-refractivity contribution in [3.05, 3.63) is 21.9 Å². The van der Waals surface area contributed by atoms with E-state index >= 15 is 0 Å². The van der Waals surface area contributed by atoms with Gasteiger partial charge in [0.2, 0.25) is 0 Å². The highest BCUT2D eigenvalue weighted by Crippen LogP contribution is 2.46. The van der Waals surface area contributed by atoms with Crippen LogP contribution in [0.4, 0.5) is 4.39 Å². The molecule has 0 aliphatic carbocycles. The number of benzene rings is 1. The van der Waals surface area contributed by atoms with E-state index in [1.54, 1.807) is 0 Å². The predicted octanol–water partition coefficient (Wildman–Crippen LogP) is 2.25. The zero-order valence-corrected chi connectivity index (χ0v) is 12.6. The summed E-state index contributed by atoms with van der Waals surface area (Å²) in [5.41, 5.74) is 6.24. The molecule has 0 radical (unpaired) electrons. The van der Waals surface area contributed by atoms with Crippen molar-refractivity contribution in [3.8, 4) is 11.5 Å². The average Bonchev–Trinajstić information content (AvgIpc) is 2.76. The van der Waals surface area contributed by atoms with Gasteiger partial charge in [0.15, 0.2) is 11.5 Å². The van der Waals surface area contributed by atoms with Gasteiger partial charge in [-0.25, -0.2) is 4.39 Å². The number of methoxy groups -OCH3 is 1. The number of hydrogen-bond donors (Lipinski definition) is 2. The standard InChI is InChI=1S/C13H18BrFN2O2/c1-17-6-7(5-16)3-9(17)11-12(14)8(15)4-10(19-2)13(11)18/h4,7,9,18H,3,5-6,16H2,1-2H3. The van der Waals surface area contributed by atoms with Crippen LogP contribution in [0.1, 0.15) is 18.0 Å². The monoisotopic (exact) mass is 332 g/mol. The second-order valence-corrected chi connectivity index (χ2v) is 5.72. The predicted molar refractivity (Wildman–Crippen MR) is 74.8 cm³/mol. The molecule has 1 aromatic carbocycles. The number of rotatable bonds is 3. The number of halogens is 2. The van der Waals surface area contributed by atoms with Crippen molar-refractivity contribution in [1.29, 1.82) is 0 Å². The van der Waals surface area contributed by atoms with E-state index < -0.39 is 5.82 Å². The summed E-state index contributed by atoms with van der Waals surface area (Å²) < 4.78 is 19.2. The number of likely N-dealkylation sites (tertiary alicyclic amines) is 1. The minimum absolute atomic E-state index is 0.00898. The van der Waals surface area contributed by atoms with E-state index in [0.717, 1.165) is 13.0 Å². The summed E-state index contributed by atoms with van der Waals surface area (Å²) in [5.74, 6) is 0.0652. The third kappa shape index (κ3) is 2.57. The molecule has 0 bridgehead atoms. The Morgan fingerprint density at radius 3 is 2.84 bits per heavy atom. The summed E-state index contributed by atoms with van der Waals surface area (Å²) in [5, 5.41) is 10.3. The third-order valence-electron chi connectivity index (χ3n) is 3.71. The van der Waals surface area contributed by atoms with Crippen LogP contribution in [0.25, 0.3) is 0 Å². The first-order valence-electron chi connectivity index (χ1n) is 6.14. The molecule has 1 aromatic rings. The van der Waals surface area contributed by atoms with Crippen LogP contribution in [-0.4, -0.2) is 37.3 Å². The van der Waals surface area contributed by atoms with Gasteiger partial charge in [-0.15, -0.1) is 0 Å². The summed E-state index contributed by atoms with van der Waals surface area (Å²) in [6, 6.07) is 1.12. The lowest BCUT2D eigenvalue weighted by molar-refractivity contribution is 0.297. The summed E-state index contributed by atoms with van der Waals surface area (Å²) >= 11 is 3.23. The highest BCUT2D eigenvalue weighted by atomic mass is 79.9. The molecule has 0 aromatic heterocycles. The maximum Gasteiger partial charge on any atom is 0.163 e. The van der Waals surface area contributed by atoms with Gasteiger partial charge in [0.25, 0.3) is 0 Å². The molecule has 2 unspecified atom stereocenters. The van der Waals surface area contributed by atoms with E-state index in [9.17, 15) is 9.50 Å². The first kappa shape index (κ1) is 14.6. The van der Waals surface area contributed by atoms with Gasteiger partial charge in [0.05, 0.1) is 11.6 Å². The fourth-order valence-corrected chi connectivity index (χ4v) is 3.25. The second kappa shape index (κ2) is 5.64. The van der Waals surface area contributed by atoms with Crippen molar-refractivity contribution >= 4 is 15.9 Å². The lowest BCUT2D eigenvalue weighted by atomic mass is 9.98. The van der Waals surface area contributed by atoms with Gasteiger partial charge in [0.1, 0.15) is 5.82 Å². The molecule has 1 aliphatic rings. The van der Waals surface area contributed by atoms with Gasteiger partial charge in [-0.05, 0) is 41.9 Å². The van der Waals surface area contributed by atoms with Crippen LogP contribution in [0, 0.1) is 11.7 Å². The zero-order valence-electron chi connectivity index (χ0n) is 11.0. The van der Waals surface area contributed by atoms with Gasteiger partial charge >= 0.3 is 0 Å². The molecule has 19 heavy (non-hydrogen) atoms. The van der Waals surface area contributed by atoms with Crippen molar-refractivity contribution in [2.24, 2.45) is 11.7 Å². The molecule has 0 saturated carbocycles. The first-order chi connectivity index (χ1) is 8.99. The maximum absolute atomic E-state index is 13.9. The molecule has 4 nitrogen and oxygen atoms in total. The summed E-state index contributed by atoms with van der Waals surface area (Å²) in [6.07, 6.45) is 0.797. The normalized spacial score (nSPS) is 23.8. The van der Waals surface area contributed by atoms with Crippen molar-refractivity contribution in [3.63, 3.8) is 0 Å². The molecule has 6 heteroatoms. The number of nitrogens with zero attached hydrogens (tertiary/aromatic N) is 1. The number of phenolic OH excluding ortho intramolecular Hbond substituents is 1. The SMILES string of the molecule is COc1cc(F)c(Br)c(C2CC(CN)CN2C)c1O. The quantitative estimate of drug-likeness (QED) is 0.891. The Bertz CT molecular complexity index is 484. The Kier molecular flexibility index (Phi) is 4.32. The Morgan fingerprint density at radius 1 is 1.63 bits per heavy atom. The Balaban J connectivity index is 2.47. The zero-order chi connectivity index (χ0) is 14.2. The molecule has 2 atom stereocenters. The minimum atomic E-state index is -0.436. The second-order valence-electron chi connectivity index (χ2n) is 4.93. The smallest absolute Gasteiger partial charge is 0.163 e. The fraction of sp³-hybridized carbons (Fsp3) is 0.538. The van der Waals surface area contributed by atoms with Gasteiger partial charge in [-0.3, -0.25) is 4.90 Å². The molecular formula is C13H18BrFN2O2. The van der Waals surface area contributed by atoms with Crippen molar-refractivity contribution < 1.29 is 14.2 Å². The molecular weight excluding hydrogens is 315 g/mol. The average molecular weight is 333 g/mol. The summed E-state index contributed by atoms with van der Waals surface area (Å²) in [7, 11) is 3.36. The van der Waals surface area contributed by atoms with Crippen LogP contribution in [0.5, 0.6) is 11.5 Å². The first-order valence-corrected chi connectivity index (χ1v) is 6.94. The lowest BCUT2D eigenvalue weighted by Crippen LogP contribution is -2.21. The number of phenols is 1. The van der Waals surface area contributed by atoms with Gasteiger partial charge in [0, 0.05) is 24.2 Å². The van der Waals surface area contributed by atoms with Gasteiger partial charge in [-0.1, -0.05) is 0 Å². The van der Waals surface area contributed by atoms with E-state index in [1.807, 2.05) is 7.05 Å². The van der Waals surface area contributed by atoms with E-state index in [-0.39, 0.29) is 17.5 Å². The van der Waals surface area contributed by atoms with Crippen molar-refractivity contribution in [2.45, 2.75) is 12.5 Å². The molecule has 3 N–H and O–H groups in total. The number of ether oxygens (including phenoxy) is 1. The third-order valence-corrected chi connectivity index (χ3v) is 4.52. The Labute approximate surface area is 120 Å². The number of aromatic hydroxyl groups is 1. The van der Waals surface area contributed by atoms with E-state index in [2.05, 4.69) is 20.8 Å².